The minimum Gasteiger partial charge on any atom is -0.271 e. The zero-order valence-corrected chi connectivity index (χ0v) is 10.2. The number of carbonyl (C=O) groups excluding carboxylic acids is 1. The van der Waals surface area contributed by atoms with Crippen molar-refractivity contribution >= 4 is 66.2 Å². The molecule has 62 valence electrons. The highest BCUT2D eigenvalue weighted by Crippen LogP contribution is 2.44. The molecule has 1 aliphatic rings. The Bertz CT molecular complexity index is 225. The molecule has 1 atom stereocenters. The first-order valence-corrected chi connectivity index (χ1v) is 5.58. The average molecular weight is 321 g/mol. The summed E-state index contributed by atoms with van der Waals surface area (Å²) >= 11 is 13.5. The van der Waals surface area contributed by atoms with Gasteiger partial charge in [-0.15, -0.1) is 0 Å². The summed E-state index contributed by atoms with van der Waals surface area (Å²) < 4.78 is -0.872. The maximum absolute atomic E-state index is 11.1. The van der Waals surface area contributed by atoms with Crippen LogP contribution in [0.5, 0.6) is 0 Å². The van der Waals surface area contributed by atoms with Crippen molar-refractivity contribution in [3.05, 3.63) is 0 Å². The summed E-state index contributed by atoms with van der Waals surface area (Å²) in [6, 6.07) is 0. The second kappa shape index (κ2) is 3.36. The molecule has 1 unspecified atom stereocenters. The van der Waals surface area contributed by atoms with Gasteiger partial charge in [-0.2, -0.15) is 0 Å². The smallest absolute Gasteiger partial charge is 0.263 e. The Morgan fingerprint density at radius 2 is 2.27 bits per heavy atom. The monoisotopic (exact) mass is 319 g/mol. The lowest BCUT2D eigenvalue weighted by atomic mass is 10.4. The SMILES string of the molecule is CC1=NC(=O)C(C(Cl)(Br)Br)S1. The fourth-order valence-electron chi connectivity index (χ4n) is 0.668. The van der Waals surface area contributed by atoms with Gasteiger partial charge in [-0.05, 0) is 6.92 Å². The van der Waals surface area contributed by atoms with Crippen molar-refractivity contribution in [3.8, 4) is 0 Å². The van der Waals surface area contributed by atoms with Crippen molar-refractivity contribution in [2.45, 2.75) is 14.9 Å². The van der Waals surface area contributed by atoms with Crippen molar-refractivity contribution in [2.75, 3.05) is 0 Å². The molecule has 0 aromatic rings. The van der Waals surface area contributed by atoms with Gasteiger partial charge in [-0.1, -0.05) is 55.2 Å². The molecule has 1 heterocycles. The molecule has 0 aromatic heterocycles. The lowest BCUT2D eigenvalue weighted by molar-refractivity contribution is -0.116. The molecule has 0 saturated heterocycles. The summed E-state index contributed by atoms with van der Waals surface area (Å²) in [4.78, 5) is 14.8. The van der Waals surface area contributed by atoms with Crippen molar-refractivity contribution in [3.63, 3.8) is 0 Å². The molecule has 11 heavy (non-hydrogen) atoms. The molecule has 0 radical (unpaired) electrons. The van der Waals surface area contributed by atoms with E-state index < -0.39 is 2.69 Å². The minimum atomic E-state index is -0.872. The summed E-state index contributed by atoms with van der Waals surface area (Å²) in [5.74, 6) is -0.198. The van der Waals surface area contributed by atoms with Gasteiger partial charge in [0.1, 0.15) is 5.25 Å². The third-order valence-corrected chi connectivity index (χ3v) is 4.17. The highest BCUT2D eigenvalue weighted by Gasteiger charge is 2.41. The predicted octanol–water partition coefficient (Wildman–Crippen LogP) is 2.73. The number of thioether (sulfide) groups is 1. The molecular formula is C5H4Br2ClNOS. The van der Waals surface area contributed by atoms with E-state index in [1.165, 1.54) is 11.8 Å². The second-order valence-electron chi connectivity index (χ2n) is 2.01. The van der Waals surface area contributed by atoms with Gasteiger partial charge in [0.15, 0.2) is 2.69 Å². The van der Waals surface area contributed by atoms with Crippen molar-refractivity contribution in [2.24, 2.45) is 4.99 Å². The van der Waals surface area contributed by atoms with E-state index in [2.05, 4.69) is 36.9 Å². The van der Waals surface area contributed by atoms with Gasteiger partial charge in [0.25, 0.3) is 5.91 Å². The molecule has 0 N–H and O–H groups in total. The first-order valence-electron chi connectivity index (χ1n) is 2.74. The highest BCUT2D eigenvalue weighted by atomic mass is 79.9. The molecule has 0 fully saturated rings. The van der Waals surface area contributed by atoms with Crippen LogP contribution in [0.2, 0.25) is 0 Å². The van der Waals surface area contributed by atoms with Crippen LogP contribution in [0, 0.1) is 0 Å². The van der Waals surface area contributed by atoms with Crippen LogP contribution >= 0.6 is 55.2 Å². The van der Waals surface area contributed by atoms with Crippen LogP contribution in [-0.2, 0) is 4.79 Å². The van der Waals surface area contributed by atoms with Crippen LogP contribution in [0.3, 0.4) is 0 Å². The lowest BCUT2D eigenvalue weighted by Crippen LogP contribution is -2.25. The largest absolute Gasteiger partial charge is 0.271 e. The molecule has 2 nitrogen and oxygen atoms in total. The Kier molecular flexibility index (Phi) is 3.06. The maximum atomic E-state index is 11.1. The van der Waals surface area contributed by atoms with Gasteiger partial charge in [0, 0.05) is 0 Å². The number of nitrogens with zero attached hydrogens (tertiary/aromatic N) is 1. The highest BCUT2D eigenvalue weighted by molar-refractivity contribution is 9.26. The summed E-state index contributed by atoms with van der Waals surface area (Å²) in [5, 5.41) is 0.382. The van der Waals surface area contributed by atoms with Crippen LogP contribution in [0.4, 0.5) is 0 Å². The van der Waals surface area contributed by atoms with E-state index in [-0.39, 0.29) is 11.2 Å². The Hall–Kier alpha value is 0.940. The zero-order valence-electron chi connectivity index (χ0n) is 5.47. The summed E-state index contributed by atoms with van der Waals surface area (Å²) in [6.45, 7) is 1.78. The van der Waals surface area contributed by atoms with E-state index in [1.807, 2.05) is 0 Å². The van der Waals surface area contributed by atoms with Crippen LogP contribution in [0.25, 0.3) is 0 Å². The topological polar surface area (TPSA) is 29.4 Å². The van der Waals surface area contributed by atoms with Crippen LogP contribution in [-0.4, -0.2) is 18.9 Å². The molecular weight excluding hydrogens is 317 g/mol. The molecule has 0 saturated carbocycles. The Balaban J connectivity index is 2.75. The van der Waals surface area contributed by atoms with E-state index in [4.69, 9.17) is 11.6 Å². The van der Waals surface area contributed by atoms with E-state index in [0.717, 1.165) is 5.04 Å². The standard InChI is InChI=1S/C5H4Br2ClNOS/c1-2-9-4(10)3(11-2)5(6,7)8/h3H,1H3. The maximum Gasteiger partial charge on any atom is 0.263 e. The van der Waals surface area contributed by atoms with E-state index in [1.54, 1.807) is 6.92 Å². The third kappa shape index (κ3) is 2.44. The third-order valence-electron chi connectivity index (χ3n) is 1.08. The van der Waals surface area contributed by atoms with Crippen molar-refractivity contribution < 1.29 is 4.79 Å². The van der Waals surface area contributed by atoms with E-state index >= 15 is 0 Å². The number of amides is 1. The Labute approximate surface area is 90.4 Å². The summed E-state index contributed by atoms with van der Waals surface area (Å²) in [6.07, 6.45) is 0. The van der Waals surface area contributed by atoms with Gasteiger partial charge in [0.2, 0.25) is 0 Å². The molecule has 0 bridgehead atoms. The lowest BCUT2D eigenvalue weighted by Gasteiger charge is -2.15. The number of rotatable bonds is 1. The number of alkyl halides is 3. The Morgan fingerprint density at radius 1 is 1.73 bits per heavy atom. The van der Waals surface area contributed by atoms with Gasteiger partial charge in [0.05, 0.1) is 5.04 Å². The normalized spacial score (nSPS) is 25.6. The first-order chi connectivity index (χ1) is 4.91. The number of hydrogen-bond acceptors (Lipinski definition) is 2. The molecule has 1 aliphatic heterocycles. The van der Waals surface area contributed by atoms with Crippen molar-refractivity contribution in [1.82, 2.24) is 0 Å². The fraction of sp³-hybridized carbons (Fsp3) is 0.600. The molecule has 6 heteroatoms. The average Bonchev–Trinajstić information content (AvgIpc) is 2.08. The Morgan fingerprint density at radius 3 is 2.45 bits per heavy atom. The zero-order chi connectivity index (χ0) is 8.65. The van der Waals surface area contributed by atoms with Crippen LogP contribution in [0.1, 0.15) is 6.92 Å². The van der Waals surface area contributed by atoms with Gasteiger partial charge >= 0.3 is 0 Å². The minimum absolute atomic E-state index is 0.198. The quantitative estimate of drug-likeness (QED) is 0.695. The number of aliphatic imine (C=N–C) groups is 1. The van der Waals surface area contributed by atoms with Gasteiger partial charge in [-0.3, -0.25) is 4.79 Å². The first kappa shape index (κ1) is 10.0. The second-order valence-corrected chi connectivity index (χ2v) is 8.38. The summed E-state index contributed by atoms with van der Waals surface area (Å²) in [5.41, 5.74) is 0. The predicted molar refractivity (Wildman–Crippen MR) is 55.9 cm³/mol. The van der Waals surface area contributed by atoms with Gasteiger partial charge in [-0.25, -0.2) is 4.99 Å². The molecule has 0 spiro atoms. The van der Waals surface area contributed by atoms with E-state index in [0.29, 0.717) is 0 Å². The number of hydrogen-bond donors (Lipinski definition) is 0. The summed E-state index contributed by atoms with van der Waals surface area (Å²) in [7, 11) is 0. The van der Waals surface area contributed by atoms with Crippen LogP contribution < -0.4 is 0 Å². The number of halogens is 3. The van der Waals surface area contributed by atoms with Crippen molar-refractivity contribution in [1.29, 1.82) is 0 Å². The van der Waals surface area contributed by atoms with Gasteiger partial charge < -0.3 is 0 Å². The molecule has 1 rings (SSSR count). The number of carbonyl (C=O) groups is 1. The van der Waals surface area contributed by atoms with Crippen LogP contribution in [0.15, 0.2) is 4.99 Å². The fourth-order valence-corrected chi connectivity index (χ4v) is 2.62. The molecule has 0 aliphatic carbocycles. The molecule has 1 amide bonds. The van der Waals surface area contributed by atoms with E-state index in [9.17, 15) is 4.79 Å². The molecule has 0 aromatic carbocycles.